The summed E-state index contributed by atoms with van der Waals surface area (Å²) in [6.07, 6.45) is 2.76. The number of thiophene rings is 1. The third-order valence-corrected chi connectivity index (χ3v) is 6.27. The lowest BCUT2D eigenvalue weighted by Crippen LogP contribution is -2.27. The van der Waals surface area contributed by atoms with Gasteiger partial charge >= 0.3 is 0 Å². The van der Waals surface area contributed by atoms with Gasteiger partial charge in [0.25, 0.3) is 11.8 Å². The maximum Gasteiger partial charge on any atom is 0.262 e. The Morgan fingerprint density at radius 1 is 1.26 bits per heavy atom. The van der Waals surface area contributed by atoms with Crippen molar-refractivity contribution in [3.8, 4) is 5.75 Å². The number of nitrogens with two attached hydrogens (primary N) is 1. The van der Waals surface area contributed by atoms with Crippen LogP contribution in [0.5, 0.6) is 5.75 Å². The van der Waals surface area contributed by atoms with Crippen molar-refractivity contribution in [3.05, 3.63) is 46.3 Å². The number of primary amides is 1. The van der Waals surface area contributed by atoms with E-state index < -0.39 is 5.91 Å². The van der Waals surface area contributed by atoms with Crippen LogP contribution in [0.25, 0.3) is 0 Å². The minimum atomic E-state index is -0.485. The lowest BCUT2D eigenvalue weighted by Gasteiger charge is -2.33. The van der Waals surface area contributed by atoms with Crippen molar-refractivity contribution in [2.75, 3.05) is 11.9 Å². The molecule has 0 saturated heterocycles. The summed E-state index contributed by atoms with van der Waals surface area (Å²) in [4.78, 5) is 25.5. The predicted molar refractivity (Wildman–Crippen MR) is 108 cm³/mol. The predicted octanol–water partition coefficient (Wildman–Crippen LogP) is 4.02. The second-order valence-electron chi connectivity index (χ2n) is 8.03. The molecule has 1 heterocycles. The average molecular weight is 387 g/mol. The van der Waals surface area contributed by atoms with Gasteiger partial charge in [0, 0.05) is 4.88 Å². The molecular formula is C21H26N2O3S. The van der Waals surface area contributed by atoms with Crippen LogP contribution >= 0.6 is 11.3 Å². The Morgan fingerprint density at radius 2 is 1.96 bits per heavy atom. The number of benzene rings is 1. The molecule has 1 aliphatic rings. The van der Waals surface area contributed by atoms with Crippen molar-refractivity contribution in [3.63, 3.8) is 0 Å². The Hall–Kier alpha value is -2.34. The third-order valence-electron chi connectivity index (χ3n) is 5.10. The van der Waals surface area contributed by atoms with E-state index >= 15 is 0 Å². The molecular weight excluding hydrogens is 360 g/mol. The summed E-state index contributed by atoms with van der Waals surface area (Å²) in [6, 6.07) is 9.15. The molecule has 5 nitrogen and oxygen atoms in total. The van der Waals surface area contributed by atoms with Gasteiger partial charge < -0.3 is 15.8 Å². The van der Waals surface area contributed by atoms with Crippen molar-refractivity contribution in [1.82, 2.24) is 0 Å². The standard InChI is InChI=1S/C21H26N2O3S/c1-21(2,3)13-9-10-15-16(11-13)27-20(18(15)19(22)25)23-17(24)12-26-14-7-5-4-6-8-14/h4-8,13H,9-12H2,1-3H3,(H2,22,25)(H,23,24). The minimum absolute atomic E-state index is 0.116. The first-order chi connectivity index (χ1) is 12.8. The van der Waals surface area contributed by atoms with Crippen LogP contribution in [0.3, 0.4) is 0 Å². The first-order valence-corrected chi connectivity index (χ1v) is 9.99. The monoisotopic (exact) mass is 386 g/mol. The van der Waals surface area contributed by atoms with Crippen LogP contribution in [-0.4, -0.2) is 18.4 Å². The minimum Gasteiger partial charge on any atom is -0.484 e. The number of carbonyl (C=O) groups excluding carboxylic acids is 2. The maximum atomic E-state index is 12.3. The molecule has 6 heteroatoms. The van der Waals surface area contributed by atoms with Crippen molar-refractivity contribution in [2.45, 2.75) is 40.0 Å². The van der Waals surface area contributed by atoms with Crippen LogP contribution in [0.4, 0.5) is 5.00 Å². The average Bonchev–Trinajstić information content (AvgIpc) is 2.97. The summed E-state index contributed by atoms with van der Waals surface area (Å²) in [6.45, 7) is 6.62. The Bertz CT molecular complexity index is 837. The number of carbonyl (C=O) groups is 2. The fraction of sp³-hybridized carbons (Fsp3) is 0.429. The van der Waals surface area contributed by atoms with Crippen LogP contribution < -0.4 is 15.8 Å². The highest BCUT2D eigenvalue weighted by molar-refractivity contribution is 7.17. The Morgan fingerprint density at radius 3 is 2.59 bits per heavy atom. The van der Waals surface area contributed by atoms with Gasteiger partial charge in [-0.15, -0.1) is 11.3 Å². The third kappa shape index (κ3) is 4.50. The molecule has 0 bridgehead atoms. The van der Waals surface area contributed by atoms with E-state index in [1.165, 1.54) is 11.3 Å². The van der Waals surface area contributed by atoms with Gasteiger partial charge in [-0.3, -0.25) is 9.59 Å². The highest BCUT2D eigenvalue weighted by Gasteiger charge is 2.33. The van der Waals surface area contributed by atoms with Crippen molar-refractivity contribution in [2.24, 2.45) is 17.1 Å². The molecule has 1 aromatic heterocycles. The molecule has 1 atom stereocenters. The summed E-state index contributed by atoms with van der Waals surface area (Å²) in [5.41, 5.74) is 7.31. The Kier molecular flexibility index (Phi) is 5.56. The zero-order valence-corrected chi connectivity index (χ0v) is 16.8. The second-order valence-corrected chi connectivity index (χ2v) is 9.13. The number of fused-ring (bicyclic) bond motifs is 1. The molecule has 27 heavy (non-hydrogen) atoms. The van der Waals surface area contributed by atoms with E-state index in [0.29, 0.717) is 22.2 Å². The molecule has 0 fully saturated rings. The number of anilines is 1. The van der Waals surface area contributed by atoms with Gasteiger partial charge in [-0.2, -0.15) is 0 Å². The van der Waals surface area contributed by atoms with E-state index in [0.717, 1.165) is 29.7 Å². The quantitative estimate of drug-likeness (QED) is 0.814. The zero-order valence-electron chi connectivity index (χ0n) is 16.0. The molecule has 0 saturated carbocycles. The number of hydrogen-bond donors (Lipinski definition) is 2. The van der Waals surface area contributed by atoms with Gasteiger partial charge in [-0.1, -0.05) is 39.0 Å². The lowest BCUT2D eigenvalue weighted by molar-refractivity contribution is -0.118. The summed E-state index contributed by atoms with van der Waals surface area (Å²) < 4.78 is 5.48. The van der Waals surface area contributed by atoms with E-state index in [9.17, 15) is 9.59 Å². The fourth-order valence-corrected chi connectivity index (χ4v) is 4.85. The van der Waals surface area contributed by atoms with Gasteiger partial charge in [0.2, 0.25) is 0 Å². The number of nitrogens with one attached hydrogen (secondary N) is 1. The summed E-state index contributed by atoms with van der Waals surface area (Å²) in [5, 5.41) is 3.37. The molecule has 0 spiro atoms. The van der Waals surface area contributed by atoms with Crippen molar-refractivity contribution in [1.29, 1.82) is 0 Å². The first-order valence-electron chi connectivity index (χ1n) is 9.17. The molecule has 0 radical (unpaired) electrons. The van der Waals surface area contributed by atoms with Crippen molar-refractivity contribution >= 4 is 28.2 Å². The smallest absolute Gasteiger partial charge is 0.262 e. The van der Waals surface area contributed by atoms with E-state index in [4.69, 9.17) is 10.5 Å². The van der Waals surface area contributed by atoms with Gasteiger partial charge in [0.15, 0.2) is 6.61 Å². The molecule has 144 valence electrons. The molecule has 3 rings (SSSR count). The highest BCUT2D eigenvalue weighted by atomic mass is 32.1. The van der Waals surface area contributed by atoms with E-state index in [1.54, 1.807) is 12.1 Å². The first kappa shape index (κ1) is 19.4. The molecule has 1 aliphatic carbocycles. The van der Waals surface area contributed by atoms with E-state index in [1.807, 2.05) is 18.2 Å². The number of amides is 2. The van der Waals surface area contributed by atoms with Gasteiger partial charge in [0.05, 0.1) is 5.56 Å². The topological polar surface area (TPSA) is 81.4 Å². The Labute approximate surface area is 163 Å². The lowest BCUT2D eigenvalue weighted by atomic mass is 9.72. The fourth-order valence-electron chi connectivity index (χ4n) is 3.50. The van der Waals surface area contributed by atoms with E-state index in [-0.39, 0.29) is 17.9 Å². The molecule has 2 aromatic rings. The van der Waals surface area contributed by atoms with Crippen LogP contribution in [0, 0.1) is 11.3 Å². The highest BCUT2D eigenvalue weighted by Crippen LogP contribution is 2.44. The van der Waals surface area contributed by atoms with Gasteiger partial charge in [-0.05, 0) is 48.3 Å². The van der Waals surface area contributed by atoms with Gasteiger partial charge in [0.1, 0.15) is 10.8 Å². The van der Waals surface area contributed by atoms with Crippen LogP contribution in [-0.2, 0) is 17.6 Å². The molecule has 1 unspecified atom stereocenters. The number of hydrogen-bond acceptors (Lipinski definition) is 4. The second kappa shape index (κ2) is 7.72. The largest absolute Gasteiger partial charge is 0.484 e. The van der Waals surface area contributed by atoms with Crippen molar-refractivity contribution < 1.29 is 14.3 Å². The van der Waals surface area contributed by atoms with Crippen LogP contribution in [0.15, 0.2) is 30.3 Å². The summed E-state index contributed by atoms with van der Waals surface area (Å²) >= 11 is 1.47. The number of para-hydroxylation sites is 1. The number of ether oxygens (including phenoxy) is 1. The maximum absolute atomic E-state index is 12.3. The SMILES string of the molecule is CC(C)(C)C1CCc2c(sc(NC(=O)COc3ccccc3)c2C(N)=O)C1. The molecule has 0 aliphatic heterocycles. The van der Waals surface area contributed by atoms with E-state index in [2.05, 4.69) is 26.1 Å². The van der Waals surface area contributed by atoms with Crippen LogP contribution in [0.2, 0.25) is 0 Å². The summed E-state index contributed by atoms with van der Waals surface area (Å²) in [7, 11) is 0. The summed E-state index contributed by atoms with van der Waals surface area (Å²) in [5.74, 6) is 0.393. The van der Waals surface area contributed by atoms with Gasteiger partial charge in [-0.25, -0.2) is 0 Å². The Balaban J connectivity index is 1.75. The molecule has 2 amide bonds. The number of rotatable bonds is 5. The zero-order chi connectivity index (χ0) is 19.6. The van der Waals surface area contributed by atoms with Crippen LogP contribution in [0.1, 0.15) is 48.0 Å². The normalized spacial score (nSPS) is 16.5. The molecule has 1 aromatic carbocycles. The molecule has 3 N–H and O–H groups in total.